The van der Waals surface area contributed by atoms with Gasteiger partial charge in [0.05, 0.1) is 5.69 Å². The fourth-order valence-electron chi connectivity index (χ4n) is 4.37. The Kier molecular flexibility index (Phi) is 4.43. The zero-order chi connectivity index (χ0) is 19.3. The van der Waals surface area contributed by atoms with Crippen LogP contribution < -0.4 is 4.90 Å². The molecule has 0 radical (unpaired) electrons. The molecule has 0 N–H and O–H groups in total. The summed E-state index contributed by atoms with van der Waals surface area (Å²) in [6.07, 6.45) is 0. The molecule has 2 heterocycles. The van der Waals surface area contributed by atoms with E-state index in [4.69, 9.17) is 0 Å². The van der Waals surface area contributed by atoms with Gasteiger partial charge in [-0.2, -0.15) is 0 Å². The highest BCUT2D eigenvalue weighted by atomic mass is 32.1. The lowest BCUT2D eigenvalue weighted by Gasteiger charge is -2.42. The van der Waals surface area contributed by atoms with Crippen LogP contribution in [0.3, 0.4) is 0 Å². The van der Waals surface area contributed by atoms with Crippen molar-refractivity contribution in [2.75, 3.05) is 4.90 Å². The molecule has 3 aromatic rings. The molecule has 0 unspecified atom stereocenters. The van der Waals surface area contributed by atoms with Gasteiger partial charge in [0, 0.05) is 32.5 Å². The van der Waals surface area contributed by atoms with Crippen molar-refractivity contribution in [1.82, 2.24) is 0 Å². The van der Waals surface area contributed by atoms with E-state index in [2.05, 4.69) is 101 Å². The molecular formula is C25H29NS. The third-order valence-corrected chi connectivity index (χ3v) is 7.46. The van der Waals surface area contributed by atoms with Gasteiger partial charge in [0.2, 0.25) is 0 Å². The smallest absolute Gasteiger partial charge is 0.0646 e. The van der Waals surface area contributed by atoms with Gasteiger partial charge in [0.25, 0.3) is 0 Å². The minimum absolute atomic E-state index is 0.0126. The lowest BCUT2D eigenvalue weighted by atomic mass is 9.77. The van der Waals surface area contributed by atoms with Crippen LogP contribution in [-0.2, 0) is 5.41 Å². The molecule has 0 saturated carbocycles. The van der Waals surface area contributed by atoms with E-state index < -0.39 is 0 Å². The Labute approximate surface area is 167 Å². The Hall–Kier alpha value is -2.06. The second kappa shape index (κ2) is 6.53. The van der Waals surface area contributed by atoms with E-state index >= 15 is 0 Å². The highest BCUT2D eigenvalue weighted by Gasteiger charge is 2.41. The number of thiophene rings is 1. The molecule has 4 rings (SSSR count). The van der Waals surface area contributed by atoms with Gasteiger partial charge in [-0.3, -0.25) is 0 Å². The first-order valence-corrected chi connectivity index (χ1v) is 10.8. The van der Waals surface area contributed by atoms with Crippen LogP contribution in [0, 0.1) is 0 Å². The number of rotatable bonds is 3. The van der Waals surface area contributed by atoms with Crippen LogP contribution in [0.25, 0.3) is 11.1 Å². The van der Waals surface area contributed by atoms with Crippen LogP contribution in [0.1, 0.15) is 62.8 Å². The number of fused-ring (bicyclic) bond motifs is 2. The summed E-state index contributed by atoms with van der Waals surface area (Å²) in [5.41, 5.74) is 6.99. The topological polar surface area (TPSA) is 3.24 Å². The predicted octanol–water partition coefficient (Wildman–Crippen LogP) is 7.72. The first-order chi connectivity index (χ1) is 12.8. The van der Waals surface area contributed by atoms with Crippen LogP contribution in [0.2, 0.25) is 0 Å². The highest BCUT2D eigenvalue weighted by molar-refractivity contribution is 7.13. The molecular weight excluding hydrogens is 346 g/mol. The van der Waals surface area contributed by atoms with Gasteiger partial charge in [-0.25, -0.2) is 0 Å². The maximum absolute atomic E-state index is 2.57. The summed E-state index contributed by atoms with van der Waals surface area (Å²) in [7, 11) is 0. The summed E-state index contributed by atoms with van der Waals surface area (Å²) >= 11 is 2.01. The van der Waals surface area contributed by atoms with Gasteiger partial charge in [0.1, 0.15) is 0 Å². The summed E-state index contributed by atoms with van der Waals surface area (Å²) in [5.74, 6) is 0.503. The number of para-hydroxylation sites is 1. The molecule has 27 heavy (non-hydrogen) atoms. The molecule has 2 heteroatoms. The molecule has 0 aliphatic carbocycles. The van der Waals surface area contributed by atoms with Gasteiger partial charge in [0.15, 0.2) is 0 Å². The van der Waals surface area contributed by atoms with Gasteiger partial charge >= 0.3 is 0 Å². The van der Waals surface area contributed by atoms with Gasteiger partial charge in [-0.05, 0) is 37.0 Å². The second-order valence-electron chi connectivity index (χ2n) is 8.65. The molecule has 1 nitrogen and oxygen atoms in total. The molecule has 2 aromatic carbocycles. The van der Waals surface area contributed by atoms with Crippen molar-refractivity contribution < 1.29 is 0 Å². The van der Waals surface area contributed by atoms with Crippen molar-refractivity contribution in [3.63, 3.8) is 0 Å². The third-order valence-electron chi connectivity index (χ3n) is 5.66. The molecule has 0 amide bonds. The van der Waals surface area contributed by atoms with Crippen LogP contribution in [0.15, 0.2) is 54.6 Å². The number of benzene rings is 2. The molecule has 0 bridgehead atoms. The van der Waals surface area contributed by atoms with E-state index in [-0.39, 0.29) is 5.41 Å². The lowest BCUT2D eigenvalue weighted by Crippen LogP contribution is -2.35. The van der Waals surface area contributed by atoms with E-state index in [0.717, 1.165) is 0 Å². The van der Waals surface area contributed by atoms with Gasteiger partial charge in [-0.1, -0.05) is 76.2 Å². The van der Waals surface area contributed by atoms with Crippen LogP contribution >= 0.6 is 11.3 Å². The van der Waals surface area contributed by atoms with Crippen molar-refractivity contribution in [2.24, 2.45) is 0 Å². The first-order valence-electron chi connectivity index (χ1n) is 9.95. The van der Waals surface area contributed by atoms with Crippen LogP contribution in [0.5, 0.6) is 0 Å². The number of anilines is 2. The molecule has 0 saturated heterocycles. The summed E-state index contributed by atoms with van der Waals surface area (Å²) in [6.45, 7) is 14.0. The quantitative estimate of drug-likeness (QED) is 0.453. The predicted molar refractivity (Wildman–Crippen MR) is 120 cm³/mol. The average Bonchev–Trinajstić information content (AvgIpc) is 3.04. The SMILES string of the molecule is CC(C)c1sc2c(c1-c1ccccc1)N(C(C)C)c1ccccc1C2(C)C. The number of hydrogen-bond acceptors (Lipinski definition) is 2. The maximum atomic E-state index is 2.57. The third kappa shape index (κ3) is 2.73. The normalized spacial score (nSPS) is 15.2. The first kappa shape index (κ1) is 18.3. The lowest BCUT2D eigenvalue weighted by molar-refractivity contribution is 0.627. The van der Waals surface area contributed by atoms with E-state index in [1.165, 1.54) is 37.8 Å². The molecule has 0 atom stereocenters. The molecule has 1 aliphatic heterocycles. The van der Waals surface area contributed by atoms with E-state index in [9.17, 15) is 0 Å². The summed E-state index contributed by atoms with van der Waals surface area (Å²) < 4.78 is 0. The zero-order valence-corrected chi connectivity index (χ0v) is 18.0. The van der Waals surface area contributed by atoms with Crippen molar-refractivity contribution in [2.45, 2.75) is 58.9 Å². The molecule has 140 valence electrons. The van der Waals surface area contributed by atoms with E-state index in [0.29, 0.717) is 12.0 Å². The van der Waals surface area contributed by atoms with E-state index in [1.807, 2.05) is 11.3 Å². The van der Waals surface area contributed by atoms with Crippen molar-refractivity contribution in [1.29, 1.82) is 0 Å². The van der Waals surface area contributed by atoms with Crippen molar-refractivity contribution in [3.8, 4) is 11.1 Å². The summed E-state index contributed by atoms with van der Waals surface area (Å²) in [6, 6.07) is 20.3. The Bertz CT molecular complexity index is 963. The van der Waals surface area contributed by atoms with Gasteiger partial charge < -0.3 is 4.90 Å². The fourth-order valence-corrected chi connectivity index (χ4v) is 5.81. The molecule has 0 spiro atoms. The van der Waals surface area contributed by atoms with Crippen LogP contribution in [0.4, 0.5) is 11.4 Å². The van der Waals surface area contributed by atoms with Gasteiger partial charge in [-0.15, -0.1) is 11.3 Å². The summed E-state index contributed by atoms with van der Waals surface area (Å²) in [4.78, 5) is 5.57. The number of hydrogen-bond donors (Lipinski definition) is 0. The maximum Gasteiger partial charge on any atom is 0.0646 e. The minimum Gasteiger partial charge on any atom is -0.337 e. The molecule has 1 aliphatic rings. The minimum atomic E-state index is 0.0126. The zero-order valence-electron chi connectivity index (χ0n) is 17.2. The Balaban J connectivity index is 2.11. The Morgan fingerprint density at radius 1 is 0.852 bits per heavy atom. The van der Waals surface area contributed by atoms with E-state index in [1.54, 1.807) is 0 Å². The monoisotopic (exact) mass is 375 g/mol. The molecule has 1 aromatic heterocycles. The largest absolute Gasteiger partial charge is 0.337 e. The average molecular weight is 376 g/mol. The molecule has 0 fully saturated rings. The summed E-state index contributed by atoms with van der Waals surface area (Å²) in [5, 5.41) is 0. The van der Waals surface area contributed by atoms with Crippen molar-refractivity contribution >= 4 is 22.7 Å². The fraction of sp³-hybridized carbons (Fsp3) is 0.360. The second-order valence-corrected chi connectivity index (χ2v) is 9.70. The Morgan fingerprint density at radius 3 is 2.11 bits per heavy atom. The standard InChI is InChI=1S/C25H29NS/c1-16(2)23-21(18-12-8-7-9-13-18)22-24(27-23)25(5,6)19-14-10-11-15-20(19)26(22)17(3)4/h7-17H,1-6H3. The Morgan fingerprint density at radius 2 is 1.48 bits per heavy atom. The highest BCUT2D eigenvalue weighted by Crippen LogP contribution is 2.58. The van der Waals surface area contributed by atoms with Crippen molar-refractivity contribution in [3.05, 3.63) is 69.9 Å². The number of nitrogens with zero attached hydrogens (tertiary/aromatic N) is 1. The van der Waals surface area contributed by atoms with Crippen LogP contribution in [-0.4, -0.2) is 6.04 Å².